The number of fused-ring (bicyclic) bond motifs is 2. The Bertz CT molecular complexity index is 1270. The summed E-state index contributed by atoms with van der Waals surface area (Å²) in [6.45, 7) is 0.261. The Kier molecular flexibility index (Phi) is 4.40. The average molecular weight is 374 g/mol. The van der Waals surface area contributed by atoms with E-state index in [1.54, 1.807) is 23.7 Å². The van der Waals surface area contributed by atoms with Gasteiger partial charge in [0.25, 0.3) is 11.5 Å². The normalized spacial score (nSPS) is 10.8. The highest BCUT2D eigenvalue weighted by atomic mass is 32.1. The van der Waals surface area contributed by atoms with Gasteiger partial charge in [-0.25, -0.2) is 9.67 Å². The van der Waals surface area contributed by atoms with Crippen LogP contribution in [0.1, 0.15) is 16.1 Å². The first kappa shape index (κ1) is 16.9. The molecule has 0 aliphatic rings. The van der Waals surface area contributed by atoms with Gasteiger partial charge in [-0.2, -0.15) is 5.10 Å². The third kappa shape index (κ3) is 3.18. The van der Waals surface area contributed by atoms with Gasteiger partial charge in [0.15, 0.2) is 0 Å². The van der Waals surface area contributed by atoms with Crippen LogP contribution in [0.25, 0.3) is 21.0 Å². The molecule has 0 saturated heterocycles. The monoisotopic (exact) mass is 374 g/mol. The highest BCUT2D eigenvalue weighted by Crippen LogP contribution is 2.19. The van der Waals surface area contributed by atoms with Crippen LogP contribution < -0.4 is 10.9 Å². The number of nitrogens with zero attached hydrogens (tertiary/aromatic N) is 3. The summed E-state index contributed by atoms with van der Waals surface area (Å²) >= 11 is 1.48. The number of amides is 1. The van der Waals surface area contributed by atoms with Crippen LogP contribution in [0, 0.1) is 12.3 Å². The second kappa shape index (κ2) is 7.02. The van der Waals surface area contributed by atoms with Crippen molar-refractivity contribution in [1.29, 1.82) is 0 Å². The summed E-state index contributed by atoms with van der Waals surface area (Å²) < 4.78 is 2.20. The van der Waals surface area contributed by atoms with Crippen molar-refractivity contribution in [2.45, 2.75) is 13.1 Å². The summed E-state index contributed by atoms with van der Waals surface area (Å²) in [6.07, 6.45) is 5.33. The second-order valence-corrected chi connectivity index (χ2v) is 6.76. The summed E-state index contributed by atoms with van der Waals surface area (Å²) in [5.74, 6) is 2.21. The second-order valence-electron chi connectivity index (χ2n) is 5.88. The average Bonchev–Trinajstić information content (AvgIpc) is 3.17. The summed E-state index contributed by atoms with van der Waals surface area (Å²) in [5.41, 5.74) is 3.51. The number of thiazole rings is 1. The van der Waals surface area contributed by atoms with Crippen LogP contribution in [0.5, 0.6) is 0 Å². The van der Waals surface area contributed by atoms with E-state index >= 15 is 0 Å². The molecule has 2 aromatic heterocycles. The van der Waals surface area contributed by atoms with Crippen molar-refractivity contribution < 1.29 is 4.79 Å². The van der Waals surface area contributed by atoms with Crippen LogP contribution in [-0.2, 0) is 13.1 Å². The zero-order valence-electron chi connectivity index (χ0n) is 14.2. The predicted octanol–water partition coefficient (Wildman–Crippen LogP) is 2.57. The topological polar surface area (TPSA) is 76.9 Å². The van der Waals surface area contributed by atoms with Crippen LogP contribution in [0.2, 0.25) is 0 Å². The zero-order chi connectivity index (χ0) is 18.8. The molecule has 1 N–H and O–H groups in total. The molecule has 1 amide bonds. The first-order chi connectivity index (χ1) is 13.2. The van der Waals surface area contributed by atoms with E-state index in [2.05, 4.69) is 21.3 Å². The van der Waals surface area contributed by atoms with Crippen molar-refractivity contribution in [1.82, 2.24) is 20.1 Å². The van der Waals surface area contributed by atoms with Gasteiger partial charge in [0.2, 0.25) is 0 Å². The van der Waals surface area contributed by atoms with Gasteiger partial charge in [0.05, 0.1) is 33.4 Å². The molecule has 132 valence electrons. The molecule has 0 spiro atoms. The van der Waals surface area contributed by atoms with E-state index in [9.17, 15) is 9.59 Å². The molecule has 0 aliphatic heterocycles. The highest BCUT2D eigenvalue weighted by molar-refractivity contribution is 7.16. The Morgan fingerprint density at radius 2 is 2.04 bits per heavy atom. The predicted molar refractivity (Wildman–Crippen MR) is 106 cm³/mol. The van der Waals surface area contributed by atoms with E-state index in [0.29, 0.717) is 22.0 Å². The molecular formula is C20H14N4O2S. The standard InChI is InChI=1S/C20H14N4O2S/c1-2-9-24-20(26)15-6-4-3-5-14(15)17(23-24)11-21-19(25)13-7-8-16-18(10-13)27-12-22-16/h1,3-8,10,12H,9,11H2,(H,21,25). The van der Waals surface area contributed by atoms with Crippen LogP contribution in [-0.4, -0.2) is 20.7 Å². The number of terminal acetylenes is 1. The van der Waals surface area contributed by atoms with E-state index in [4.69, 9.17) is 6.42 Å². The molecule has 7 heteroatoms. The van der Waals surface area contributed by atoms with Crippen LogP contribution in [0.4, 0.5) is 0 Å². The Morgan fingerprint density at radius 1 is 1.22 bits per heavy atom. The van der Waals surface area contributed by atoms with Gasteiger partial charge in [-0.1, -0.05) is 24.1 Å². The largest absolute Gasteiger partial charge is 0.346 e. The molecule has 6 nitrogen and oxygen atoms in total. The molecule has 0 radical (unpaired) electrons. The summed E-state index contributed by atoms with van der Waals surface area (Å²) in [5, 5.41) is 8.43. The van der Waals surface area contributed by atoms with E-state index in [1.165, 1.54) is 16.0 Å². The van der Waals surface area contributed by atoms with E-state index in [0.717, 1.165) is 10.2 Å². The number of carbonyl (C=O) groups excluding carboxylic acids is 1. The number of carbonyl (C=O) groups is 1. The molecule has 2 heterocycles. The van der Waals surface area contributed by atoms with Gasteiger partial charge < -0.3 is 5.32 Å². The zero-order valence-corrected chi connectivity index (χ0v) is 15.0. The van der Waals surface area contributed by atoms with Gasteiger partial charge in [-0.05, 0) is 24.3 Å². The third-order valence-electron chi connectivity index (χ3n) is 4.20. The molecule has 27 heavy (non-hydrogen) atoms. The summed E-state index contributed by atoms with van der Waals surface area (Å²) in [7, 11) is 0. The Balaban J connectivity index is 1.64. The lowest BCUT2D eigenvalue weighted by molar-refractivity contribution is 0.0950. The van der Waals surface area contributed by atoms with E-state index < -0.39 is 0 Å². The van der Waals surface area contributed by atoms with E-state index in [-0.39, 0.29) is 24.6 Å². The van der Waals surface area contributed by atoms with Crippen molar-refractivity contribution in [3.05, 3.63) is 69.6 Å². The molecule has 0 unspecified atom stereocenters. The lowest BCUT2D eigenvalue weighted by Gasteiger charge is -2.10. The highest BCUT2D eigenvalue weighted by Gasteiger charge is 2.12. The lowest BCUT2D eigenvalue weighted by atomic mass is 10.1. The Morgan fingerprint density at radius 3 is 2.85 bits per heavy atom. The summed E-state index contributed by atoms with van der Waals surface area (Å²) in [6, 6.07) is 12.5. The van der Waals surface area contributed by atoms with Gasteiger partial charge in [-0.3, -0.25) is 9.59 Å². The third-order valence-corrected chi connectivity index (χ3v) is 4.99. The number of nitrogens with one attached hydrogen (secondary N) is 1. The molecule has 4 aromatic rings. The Labute approximate surface area is 158 Å². The van der Waals surface area contributed by atoms with Crippen LogP contribution in [0.3, 0.4) is 0 Å². The van der Waals surface area contributed by atoms with Crippen LogP contribution in [0.15, 0.2) is 52.8 Å². The van der Waals surface area contributed by atoms with Crippen molar-refractivity contribution in [3.63, 3.8) is 0 Å². The first-order valence-electron chi connectivity index (χ1n) is 8.21. The van der Waals surface area contributed by atoms with Gasteiger partial charge in [0, 0.05) is 10.9 Å². The first-order valence-corrected chi connectivity index (χ1v) is 9.09. The van der Waals surface area contributed by atoms with Crippen molar-refractivity contribution >= 4 is 38.2 Å². The number of benzene rings is 2. The minimum Gasteiger partial charge on any atom is -0.346 e. The molecule has 0 saturated carbocycles. The fourth-order valence-corrected chi connectivity index (χ4v) is 3.61. The van der Waals surface area contributed by atoms with E-state index in [1.807, 2.05) is 24.3 Å². The van der Waals surface area contributed by atoms with Crippen molar-refractivity contribution in [2.24, 2.45) is 0 Å². The fraction of sp³-hybridized carbons (Fsp3) is 0.100. The van der Waals surface area contributed by atoms with Crippen molar-refractivity contribution in [2.75, 3.05) is 0 Å². The maximum absolute atomic E-state index is 12.5. The molecule has 0 fully saturated rings. The number of hydrogen-bond acceptors (Lipinski definition) is 5. The SMILES string of the molecule is C#CCn1nc(CNC(=O)c2ccc3ncsc3c2)c2ccccc2c1=O. The maximum atomic E-state index is 12.5. The molecule has 2 aromatic carbocycles. The lowest BCUT2D eigenvalue weighted by Crippen LogP contribution is -2.28. The molecule has 0 atom stereocenters. The smallest absolute Gasteiger partial charge is 0.275 e. The summed E-state index contributed by atoms with van der Waals surface area (Å²) in [4.78, 5) is 29.2. The Hall–Kier alpha value is -3.50. The molecule has 0 bridgehead atoms. The number of aromatic nitrogens is 3. The van der Waals surface area contributed by atoms with Gasteiger partial charge in [-0.15, -0.1) is 17.8 Å². The van der Waals surface area contributed by atoms with Crippen molar-refractivity contribution in [3.8, 4) is 12.3 Å². The maximum Gasteiger partial charge on any atom is 0.275 e. The fourth-order valence-electron chi connectivity index (χ4n) is 2.89. The quantitative estimate of drug-likeness (QED) is 0.557. The minimum absolute atomic E-state index is 0.0761. The molecule has 0 aliphatic carbocycles. The molecule has 4 rings (SSSR count). The number of rotatable bonds is 4. The van der Waals surface area contributed by atoms with Gasteiger partial charge >= 0.3 is 0 Å². The van der Waals surface area contributed by atoms with Gasteiger partial charge in [0.1, 0.15) is 6.54 Å². The molecular weight excluding hydrogens is 360 g/mol. The minimum atomic E-state index is -0.241. The van der Waals surface area contributed by atoms with Crippen LogP contribution >= 0.6 is 11.3 Å². The number of hydrogen-bond donors (Lipinski definition) is 1.